The van der Waals surface area contributed by atoms with Gasteiger partial charge in [0.1, 0.15) is 17.5 Å². The van der Waals surface area contributed by atoms with Gasteiger partial charge in [-0.25, -0.2) is 13.8 Å². The van der Waals surface area contributed by atoms with Gasteiger partial charge in [0.15, 0.2) is 0 Å². The third-order valence-electron chi connectivity index (χ3n) is 3.10. The Morgan fingerprint density at radius 1 is 1.24 bits per heavy atom. The average Bonchev–Trinajstić information content (AvgIpc) is 2.40. The maximum Gasteiger partial charge on any atom is 0.128 e. The normalized spacial score (nSPS) is 12.4. The molecule has 1 unspecified atom stereocenters. The first-order valence-corrected chi connectivity index (χ1v) is 6.96. The number of nitrogen functional groups attached to an aromatic ring is 1. The molecule has 3 N–H and O–H groups in total. The fraction of sp³-hybridized carbons (Fsp3) is 0.267. The first-order valence-electron chi connectivity index (χ1n) is 6.59. The molecular weight excluding hydrogens is 296 g/mol. The van der Waals surface area contributed by atoms with Crippen molar-refractivity contribution in [3.05, 3.63) is 58.2 Å². The number of benzene rings is 1. The number of aromatic nitrogens is 1. The summed E-state index contributed by atoms with van der Waals surface area (Å²) in [5, 5.41) is 3.70. The molecule has 1 aromatic heterocycles. The second-order valence-electron chi connectivity index (χ2n) is 4.72. The number of rotatable bonds is 5. The number of hydrogen-bond donors (Lipinski definition) is 2. The molecule has 0 fully saturated rings. The Labute approximate surface area is 127 Å². The number of nitrogens with one attached hydrogen (secondary N) is 1. The molecule has 0 aliphatic rings. The second kappa shape index (κ2) is 6.83. The summed E-state index contributed by atoms with van der Waals surface area (Å²) in [6, 6.07) is 4.96. The molecule has 1 aromatic carbocycles. The molecule has 0 spiro atoms. The van der Waals surface area contributed by atoms with Crippen LogP contribution in [0.1, 0.15) is 24.1 Å². The molecule has 0 saturated heterocycles. The van der Waals surface area contributed by atoms with Gasteiger partial charge in [-0.3, -0.25) is 0 Å². The van der Waals surface area contributed by atoms with Crippen LogP contribution in [-0.4, -0.2) is 11.5 Å². The molecule has 0 radical (unpaired) electrons. The minimum Gasteiger partial charge on any atom is -0.383 e. The van der Waals surface area contributed by atoms with Crippen LogP contribution in [0.5, 0.6) is 0 Å². The van der Waals surface area contributed by atoms with E-state index in [4.69, 9.17) is 17.3 Å². The molecule has 1 atom stereocenters. The highest BCUT2D eigenvalue weighted by atomic mass is 35.5. The van der Waals surface area contributed by atoms with Crippen molar-refractivity contribution in [3.63, 3.8) is 0 Å². The van der Waals surface area contributed by atoms with Crippen molar-refractivity contribution in [3.8, 4) is 0 Å². The van der Waals surface area contributed by atoms with Crippen LogP contribution >= 0.6 is 11.6 Å². The van der Waals surface area contributed by atoms with Crippen molar-refractivity contribution in [1.82, 2.24) is 10.3 Å². The average molecular weight is 312 g/mol. The zero-order chi connectivity index (χ0) is 15.4. The van der Waals surface area contributed by atoms with Gasteiger partial charge in [-0.15, -0.1) is 0 Å². The van der Waals surface area contributed by atoms with E-state index in [1.807, 2.05) is 6.92 Å². The van der Waals surface area contributed by atoms with E-state index in [-0.39, 0.29) is 6.04 Å². The van der Waals surface area contributed by atoms with E-state index in [0.29, 0.717) is 34.9 Å². The monoisotopic (exact) mass is 311 g/mol. The number of halogens is 3. The molecule has 0 aliphatic heterocycles. The van der Waals surface area contributed by atoms with Crippen molar-refractivity contribution in [1.29, 1.82) is 0 Å². The van der Waals surface area contributed by atoms with Gasteiger partial charge in [0.25, 0.3) is 0 Å². The lowest BCUT2D eigenvalue weighted by Crippen LogP contribution is -2.24. The van der Waals surface area contributed by atoms with Crippen molar-refractivity contribution in [2.75, 3.05) is 12.3 Å². The summed E-state index contributed by atoms with van der Waals surface area (Å²) in [7, 11) is 0. The third kappa shape index (κ3) is 4.12. The number of hydrogen-bond acceptors (Lipinski definition) is 3. The Balaban J connectivity index is 2.32. The first-order chi connectivity index (χ1) is 9.99. The van der Waals surface area contributed by atoms with Gasteiger partial charge in [-0.1, -0.05) is 18.5 Å². The van der Waals surface area contributed by atoms with Crippen molar-refractivity contribution in [2.45, 2.75) is 19.4 Å². The molecule has 112 valence electrons. The highest BCUT2D eigenvalue weighted by Gasteiger charge is 2.16. The SMILES string of the molecule is CCNC(Cc1cc(F)cc(F)c1)c1cc(Cl)cnc1N. The molecule has 2 aromatic rings. The van der Waals surface area contributed by atoms with Gasteiger partial charge in [-0.05, 0) is 36.7 Å². The minimum absolute atomic E-state index is 0.220. The van der Waals surface area contributed by atoms with Crippen LogP contribution in [0.2, 0.25) is 5.02 Å². The quantitative estimate of drug-likeness (QED) is 0.888. The zero-order valence-corrected chi connectivity index (χ0v) is 12.3. The van der Waals surface area contributed by atoms with Crippen LogP contribution in [0.3, 0.4) is 0 Å². The fourth-order valence-electron chi connectivity index (χ4n) is 2.25. The van der Waals surface area contributed by atoms with Gasteiger partial charge in [0.05, 0.1) is 5.02 Å². The van der Waals surface area contributed by atoms with E-state index in [9.17, 15) is 8.78 Å². The van der Waals surface area contributed by atoms with E-state index in [1.54, 1.807) is 6.07 Å². The van der Waals surface area contributed by atoms with Crippen molar-refractivity contribution >= 4 is 17.4 Å². The molecule has 3 nitrogen and oxygen atoms in total. The van der Waals surface area contributed by atoms with Gasteiger partial charge < -0.3 is 11.1 Å². The van der Waals surface area contributed by atoms with Gasteiger partial charge in [0.2, 0.25) is 0 Å². The van der Waals surface area contributed by atoms with Crippen LogP contribution in [-0.2, 0) is 6.42 Å². The third-order valence-corrected chi connectivity index (χ3v) is 3.31. The Morgan fingerprint density at radius 2 is 1.90 bits per heavy atom. The topological polar surface area (TPSA) is 50.9 Å². The van der Waals surface area contributed by atoms with Crippen molar-refractivity contribution < 1.29 is 8.78 Å². The summed E-state index contributed by atoms with van der Waals surface area (Å²) >= 11 is 5.95. The van der Waals surface area contributed by atoms with E-state index in [1.165, 1.54) is 18.3 Å². The molecule has 0 saturated carbocycles. The second-order valence-corrected chi connectivity index (χ2v) is 5.16. The number of nitrogens with zero attached hydrogens (tertiary/aromatic N) is 1. The molecule has 0 amide bonds. The van der Waals surface area contributed by atoms with E-state index in [2.05, 4.69) is 10.3 Å². The first kappa shape index (κ1) is 15.7. The molecule has 0 aliphatic carbocycles. The highest BCUT2D eigenvalue weighted by Crippen LogP contribution is 2.25. The predicted molar refractivity (Wildman–Crippen MR) is 80.1 cm³/mol. The largest absolute Gasteiger partial charge is 0.383 e. The summed E-state index contributed by atoms with van der Waals surface area (Å²) in [6.45, 7) is 2.61. The van der Waals surface area contributed by atoms with E-state index < -0.39 is 11.6 Å². The molecule has 21 heavy (non-hydrogen) atoms. The lowest BCUT2D eigenvalue weighted by molar-refractivity contribution is 0.539. The number of likely N-dealkylation sites (N-methyl/N-ethyl adjacent to an activating group) is 1. The van der Waals surface area contributed by atoms with Crippen LogP contribution in [0.4, 0.5) is 14.6 Å². The summed E-state index contributed by atoms with van der Waals surface area (Å²) in [5.74, 6) is -0.850. The molecule has 6 heteroatoms. The summed E-state index contributed by atoms with van der Waals surface area (Å²) < 4.78 is 26.6. The summed E-state index contributed by atoms with van der Waals surface area (Å²) in [4.78, 5) is 4.02. The van der Waals surface area contributed by atoms with Crippen LogP contribution in [0, 0.1) is 11.6 Å². The van der Waals surface area contributed by atoms with Crippen LogP contribution in [0.15, 0.2) is 30.5 Å². The minimum atomic E-state index is -0.600. The molecule has 1 heterocycles. The van der Waals surface area contributed by atoms with Gasteiger partial charge in [-0.2, -0.15) is 0 Å². The summed E-state index contributed by atoms with van der Waals surface area (Å²) in [6.07, 6.45) is 1.85. The molecule has 0 bridgehead atoms. The summed E-state index contributed by atoms with van der Waals surface area (Å²) in [5.41, 5.74) is 7.13. The zero-order valence-electron chi connectivity index (χ0n) is 11.5. The molecular formula is C15H16ClF2N3. The fourth-order valence-corrected chi connectivity index (χ4v) is 2.41. The van der Waals surface area contributed by atoms with E-state index >= 15 is 0 Å². The van der Waals surface area contributed by atoms with Gasteiger partial charge in [0, 0.05) is 23.9 Å². The number of nitrogens with two attached hydrogens (primary N) is 1. The van der Waals surface area contributed by atoms with Crippen molar-refractivity contribution in [2.24, 2.45) is 0 Å². The maximum atomic E-state index is 13.3. The van der Waals surface area contributed by atoms with Gasteiger partial charge >= 0.3 is 0 Å². The number of anilines is 1. The number of pyridine rings is 1. The smallest absolute Gasteiger partial charge is 0.128 e. The standard InChI is InChI=1S/C15H16ClF2N3/c1-2-20-14(13-6-10(16)8-21-15(13)19)5-9-3-11(17)7-12(18)4-9/h3-4,6-8,14,20H,2,5H2,1H3,(H2,19,21). The lowest BCUT2D eigenvalue weighted by Gasteiger charge is -2.20. The Morgan fingerprint density at radius 3 is 2.52 bits per heavy atom. The predicted octanol–water partition coefficient (Wildman–Crippen LogP) is 3.49. The maximum absolute atomic E-state index is 13.3. The van der Waals surface area contributed by atoms with Crippen LogP contribution in [0.25, 0.3) is 0 Å². The Kier molecular flexibility index (Phi) is 5.09. The highest BCUT2D eigenvalue weighted by molar-refractivity contribution is 6.30. The lowest BCUT2D eigenvalue weighted by atomic mass is 9.99. The molecule has 2 rings (SSSR count). The Hall–Kier alpha value is -1.72. The van der Waals surface area contributed by atoms with E-state index in [0.717, 1.165) is 6.07 Å². The van der Waals surface area contributed by atoms with Crippen LogP contribution < -0.4 is 11.1 Å². The Bertz CT molecular complexity index is 614.